The summed E-state index contributed by atoms with van der Waals surface area (Å²) in [6.45, 7) is 6.90. The second-order valence-corrected chi connectivity index (χ2v) is 4.47. The Labute approximate surface area is 105 Å². The van der Waals surface area contributed by atoms with Crippen molar-refractivity contribution < 1.29 is 4.74 Å². The third-order valence-corrected chi connectivity index (χ3v) is 2.77. The summed E-state index contributed by atoms with van der Waals surface area (Å²) in [5.74, 6) is 0. The Balaban J connectivity index is 1.95. The molecule has 0 bridgehead atoms. The van der Waals surface area contributed by atoms with Crippen LogP contribution in [0.4, 0.5) is 5.69 Å². The molecule has 1 rings (SSSR count). The maximum Gasteiger partial charge on any atom is 0.0639 e. The van der Waals surface area contributed by atoms with Crippen molar-refractivity contribution in [3.8, 4) is 0 Å². The molecule has 0 amide bonds. The minimum Gasteiger partial charge on any atom is -0.383 e. The van der Waals surface area contributed by atoms with Crippen molar-refractivity contribution in [3.05, 3.63) is 29.8 Å². The second-order valence-electron chi connectivity index (χ2n) is 4.47. The van der Waals surface area contributed by atoms with E-state index in [1.807, 2.05) is 0 Å². The number of hydrogen-bond donors (Lipinski definition) is 1. The summed E-state index contributed by atoms with van der Waals surface area (Å²) in [5.41, 5.74) is 2.47. The highest BCUT2D eigenvalue weighted by molar-refractivity contribution is 5.44. The van der Waals surface area contributed by atoms with E-state index in [4.69, 9.17) is 4.74 Å². The van der Waals surface area contributed by atoms with Gasteiger partial charge in [0.25, 0.3) is 0 Å². The zero-order chi connectivity index (χ0) is 12.3. The second kappa shape index (κ2) is 9.06. The van der Waals surface area contributed by atoms with E-state index in [0.29, 0.717) is 0 Å². The first-order chi connectivity index (χ1) is 8.33. The molecule has 2 nitrogen and oxygen atoms in total. The van der Waals surface area contributed by atoms with Crippen LogP contribution >= 0.6 is 0 Å². The number of ether oxygens (including phenoxy) is 1. The summed E-state index contributed by atoms with van der Waals surface area (Å²) in [4.78, 5) is 0. The van der Waals surface area contributed by atoms with Crippen molar-refractivity contribution in [2.75, 3.05) is 25.1 Å². The molecule has 0 saturated carbocycles. The van der Waals surface area contributed by atoms with Gasteiger partial charge >= 0.3 is 0 Å². The minimum atomic E-state index is 0.792. The van der Waals surface area contributed by atoms with Crippen molar-refractivity contribution >= 4 is 5.69 Å². The van der Waals surface area contributed by atoms with E-state index < -0.39 is 0 Å². The smallest absolute Gasteiger partial charge is 0.0639 e. The number of aryl methyl sites for hydroxylation is 1. The van der Waals surface area contributed by atoms with Gasteiger partial charge < -0.3 is 10.1 Å². The first-order valence-corrected chi connectivity index (χ1v) is 6.71. The van der Waals surface area contributed by atoms with Crippen molar-refractivity contribution in [1.82, 2.24) is 0 Å². The molecule has 0 aliphatic carbocycles. The molecule has 0 unspecified atom stereocenters. The molecule has 2 heteroatoms. The van der Waals surface area contributed by atoms with Crippen LogP contribution in [0.3, 0.4) is 0 Å². The zero-order valence-corrected chi connectivity index (χ0v) is 11.2. The highest BCUT2D eigenvalue weighted by Crippen LogP contribution is 2.07. The quantitative estimate of drug-likeness (QED) is 0.653. The zero-order valence-electron chi connectivity index (χ0n) is 11.2. The Kier molecular flexibility index (Phi) is 7.48. The van der Waals surface area contributed by atoms with Crippen LogP contribution in [-0.2, 0) is 4.74 Å². The number of nitrogens with one attached hydrogen (secondary N) is 1. The molecule has 0 atom stereocenters. The lowest BCUT2D eigenvalue weighted by Gasteiger charge is -2.07. The Bertz CT molecular complexity index is 281. The van der Waals surface area contributed by atoms with E-state index in [-0.39, 0.29) is 0 Å². The molecular formula is C15H25NO. The first kappa shape index (κ1) is 14.0. The summed E-state index contributed by atoms with van der Waals surface area (Å²) < 4.78 is 5.56. The van der Waals surface area contributed by atoms with Gasteiger partial charge in [-0.1, -0.05) is 43.9 Å². The number of rotatable bonds is 9. The third kappa shape index (κ3) is 7.01. The van der Waals surface area contributed by atoms with E-state index in [2.05, 4.69) is 43.4 Å². The van der Waals surface area contributed by atoms with E-state index in [1.165, 1.54) is 36.9 Å². The average Bonchev–Trinajstić information content (AvgIpc) is 2.35. The Hall–Kier alpha value is -1.02. The van der Waals surface area contributed by atoms with Crippen LogP contribution in [0.2, 0.25) is 0 Å². The standard InChI is InChI=1S/C15H25NO/c1-3-4-5-6-12-17-13-11-16-15-9-7-14(2)8-10-15/h7-10,16H,3-6,11-13H2,1-2H3. The summed E-state index contributed by atoms with van der Waals surface area (Å²) in [6.07, 6.45) is 5.10. The molecule has 0 aromatic heterocycles. The summed E-state index contributed by atoms with van der Waals surface area (Å²) in [6, 6.07) is 8.45. The van der Waals surface area contributed by atoms with Crippen LogP contribution in [0.1, 0.15) is 38.2 Å². The molecule has 0 spiro atoms. The normalized spacial score (nSPS) is 10.5. The van der Waals surface area contributed by atoms with Crippen molar-refractivity contribution in [2.24, 2.45) is 0 Å². The fraction of sp³-hybridized carbons (Fsp3) is 0.600. The number of unbranched alkanes of at least 4 members (excludes halogenated alkanes) is 3. The predicted molar refractivity (Wildman–Crippen MR) is 74.6 cm³/mol. The van der Waals surface area contributed by atoms with Crippen LogP contribution in [-0.4, -0.2) is 19.8 Å². The SMILES string of the molecule is CCCCCCOCCNc1ccc(C)cc1. The first-order valence-electron chi connectivity index (χ1n) is 6.71. The minimum absolute atomic E-state index is 0.792. The molecule has 1 aromatic carbocycles. The molecule has 0 aliphatic heterocycles. The van der Waals surface area contributed by atoms with Gasteiger partial charge in [-0.25, -0.2) is 0 Å². The van der Waals surface area contributed by atoms with Gasteiger partial charge in [0, 0.05) is 18.8 Å². The molecule has 0 saturated heterocycles. The van der Waals surface area contributed by atoms with Gasteiger partial charge in [-0.05, 0) is 25.5 Å². The molecule has 0 heterocycles. The lowest BCUT2D eigenvalue weighted by atomic mass is 10.2. The average molecular weight is 235 g/mol. The number of anilines is 1. The highest BCUT2D eigenvalue weighted by Gasteiger charge is 1.92. The van der Waals surface area contributed by atoms with Gasteiger partial charge in [0.05, 0.1) is 6.61 Å². The van der Waals surface area contributed by atoms with Gasteiger partial charge in [-0.15, -0.1) is 0 Å². The van der Waals surface area contributed by atoms with E-state index in [9.17, 15) is 0 Å². The fourth-order valence-corrected chi connectivity index (χ4v) is 1.67. The molecule has 1 N–H and O–H groups in total. The fourth-order valence-electron chi connectivity index (χ4n) is 1.67. The molecule has 17 heavy (non-hydrogen) atoms. The van der Waals surface area contributed by atoms with Crippen LogP contribution in [0.25, 0.3) is 0 Å². The van der Waals surface area contributed by atoms with Crippen molar-refractivity contribution in [1.29, 1.82) is 0 Å². The lowest BCUT2D eigenvalue weighted by molar-refractivity contribution is 0.139. The Morgan fingerprint density at radius 2 is 1.76 bits per heavy atom. The topological polar surface area (TPSA) is 21.3 Å². The maximum atomic E-state index is 5.56. The van der Waals surface area contributed by atoms with Gasteiger partial charge in [0.15, 0.2) is 0 Å². The monoisotopic (exact) mass is 235 g/mol. The molecule has 0 radical (unpaired) electrons. The van der Waals surface area contributed by atoms with Crippen LogP contribution in [0.5, 0.6) is 0 Å². The van der Waals surface area contributed by atoms with E-state index >= 15 is 0 Å². The predicted octanol–water partition coefficient (Wildman–Crippen LogP) is 4.00. The van der Waals surface area contributed by atoms with Gasteiger partial charge in [-0.3, -0.25) is 0 Å². The molecule has 0 fully saturated rings. The van der Waals surface area contributed by atoms with E-state index in [0.717, 1.165) is 19.8 Å². The lowest BCUT2D eigenvalue weighted by Crippen LogP contribution is -2.09. The van der Waals surface area contributed by atoms with Gasteiger partial charge in [0.2, 0.25) is 0 Å². The van der Waals surface area contributed by atoms with Gasteiger partial charge in [-0.2, -0.15) is 0 Å². The van der Waals surface area contributed by atoms with Crippen molar-refractivity contribution in [3.63, 3.8) is 0 Å². The molecule has 1 aromatic rings. The number of benzene rings is 1. The molecular weight excluding hydrogens is 210 g/mol. The summed E-state index contributed by atoms with van der Waals surface area (Å²) in [5, 5.41) is 3.35. The van der Waals surface area contributed by atoms with Crippen LogP contribution in [0.15, 0.2) is 24.3 Å². The third-order valence-electron chi connectivity index (χ3n) is 2.77. The van der Waals surface area contributed by atoms with E-state index in [1.54, 1.807) is 0 Å². The van der Waals surface area contributed by atoms with Crippen molar-refractivity contribution in [2.45, 2.75) is 39.5 Å². The Morgan fingerprint density at radius 3 is 2.47 bits per heavy atom. The molecule has 0 aliphatic rings. The molecule has 96 valence electrons. The van der Waals surface area contributed by atoms with Gasteiger partial charge in [0.1, 0.15) is 0 Å². The number of hydrogen-bond acceptors (Lipinski definition) is 2. The largest absolute Gasteiger partial charge is 0.383 e. The van der Waals surface area contributed by atoms with Crippen LogP contribution in [0, 0.1) is 6.92 Å². The van der Waals surface area contributed by atoms with Crippen LogP contribution < -0.4 is 5.32 Å². The maximum absolute atomic E-state index is 5.56. The Morgan fingerprint density at radius 1 is 1.00 bits per heavy atom. The highest BCUT2D eigenvalue weighted by atomic mass is 16.5. The summed E-state index contributed by atoms with van der Waals surface area (Å²) in [7, 11) is 0. The summed E-state index contributed by atoms with van der Waals surface area (Å²) >= 11 is 0.